The third kappa shape index (κ3) is 2.31. The predicted molar refractivity (Wildman–Crippen MR) is 52.3 cm³/mol. The first kappa shape index (κ1) is 9.20. The summed E-state index contributed by atoms with van der Waals surface area (Å²) in [6.07, 6.45) is 2.13. The number of hydrogen-bond acceptors (Lipinski definition) is 1. The predicted octanol–water partition coefficient (Wildman–Crippen LogP) is 1.66. The van der Waals surface area contributed by atoms with E-state index in [4.69, 9.17) is 0 Å². The summed E-state index contributed by atoms with van der Waals surface area (Å²) >= 11 is 0. The van der Waals surface area contributed by atoms with Gasteiger partial charge in [-0.15, -0.1) is 0 Å². The molecule has 12 heavy (non-hydrogen) atoms. The van der Waals surface area contributed by atoms with Crippen molar-refractivity contribution in [2.24, 2.45) is 0 Å². The largest absolute Gasteiger partial charge is 0.298 e. The Labute approximate surface area is 75.6 Å². The Balaban J connectivity index is 2.75. The van der Waals surface area contributed by atoms with Crippen molar-refractivity contribution >= 4 is 21.0 Å². The van der Waals surface area contributed by atoms with Crippen LogP contribution in [0.25, 0.3) is 0 Å². The molecule has 0 unspecified atom stereocenters. The molecule has 1 rings (SSSR count). The van der Waals surface area contributed by atoms with Crippen LogP contribution in [0.15, 0.2) is 24.3 Å². The van der Waals surface area contributed by atoms with Crippen LogP contribution in [0.3, 0.4) is 0 Å². The highest BCUT2D eigenvalue weighted by Gasteiger charge is 1.99. The molecule has 0 fully saturated rings. The molecule has 0 N–H and O–H groups in total. The number of aldehydes is 1. The summed E-state index contributed by atoms with van der Waals surface area (Å²) in [5.74, 6) is 0. The lowest BCUT2D eigenvalue weighted by molar-refractivity contribution is 0.112. The van der Waals surface area contributed by atoms with Crippen molar-refractivity contribution in [3.63, 3.8) is 0 Å². The summed E-state index contributed by atoms with van der Waals surface area (Å²) in [4.78, 5) is 10.6. The fraction of sp³-hybridized carbons (Fsp3) is 0.300. The molecule has 2 heteroatoms. The number of hydrogen-bond donors (Lipinski definition) is 0. The Hall–Kier alpha value is -0.893. The monoisotopic (exact) mass is 176 g/mol. The molecule has 0 aliphatic carbocycles. The molecule has 0 heterocycles. The summed E-state index contributed by atoms with van der Waals surface area (Å²) in [5, 5.41) is 1.20. The number of carbonyl (C=O) groups excluding carboxylic acids is 1. The molecule has 0 aromatic heterocycles. The first-order valence-electron chi connectivity index (χ1n) is 4.16. The number of benzene rings is 1. The van der Waals surface area contributed by atoms with E-state index in [1.165, 1.54) is 17.7 Å². The minimum atomic E-state index is 0.779. The van der Waals surface area contributed by atoms with Gasteiger partial charge in [0.1, 0.15) is 6.29 Å². The second kappa shape index (κ2) is 4.88. The fourth-order valence-corrected chi connectivity index (χ4v) is 2.10. The van der Waals surface area contributed by atoms with Crippen LogP contribution >= 0.6 is 0 Å². The van der Waals surface area contributed by atoms with Crippen LogP contribution in [-0.2, 0) is 0 Å². The van der Waals surface area contributed by atoms with Gasteiger partial charge in [0.25, 0.3) is 0 Å². The van der Waals surface area contributed by atoms with Crippen LogP contribution in [0, 0.1) is 0 Å². The van der Waals surface area contributed by atoms with Gasteiger partial charge >= 0.3 is 0 Å². The molecular weight excluding hydrogens is 164 g/mol. The van der Waals surface area contributed by atoms with E-state index in [-0.39, 0.29) is 0 Å². The van der Waals surface area contributed by atoms with Gasteiger partial charge in [0.05, 0.1) is 9.52 Å². The van der Waals surface area contributed by atoms with Gasteiger partial charge in [0.15, 0.2) is 0 Å². The molecule has 0 amide bonds. The van der Waals surface area contributed by atoms with E-state index in [9.17, 15) is 4.79 Å². The van der Waals surface area contributed by atoms with Crippen LogP contribution < -0.4 is 5.19 Å². The lowest BCUT2D eigenvalue weighted by atomic mass is 10.2. The highest BCUT2D eigenvalue weighted by Crippen LogP contribution is 1.94. The zero-order valence-corrected chi connectivity index (χ0v) is 8.21. The molecule has 0 saturated carbocycles. The van der Waals surface area contributed by atoms with Crippen molar-refractivity contribution in [3.8, 4) is 0 Å². The van der Waals surface area contributed by atoms with Crippen molar-refractivity contribution in [2.75, 3.05) is 0 Å². The van der Waals surface area contributed by atoms with Crippen LogP contribution in [0.5, 0.6) is 0 Å². The van der Waals surface area contributed by atoms with Crippen molar-refractivity contribution in [1.82, 2.24) is 0 Å². The summed E-state index contributed by atoms with van der Waals surface area (Å²) < 4.78 is 0. The second-order valence-corrected chi connectivity index (χ2v) is 4.02. The molecule has 0 atom stereocenters. The molecule has 0 aliphatic rings. The number of rotatable bonds is 4. The van der Waals surface area contributed by atoms with E-state index in [2.05, 4.69) is 6.92 Å². The maximum Gasteiger partial charge on any atom is 0.149 e. The molecule has 0 saturated heterocycles. The average molecular weight is 176 g/mol. The Morgan fingerprint density at radius 2 is 2.17 bits per heavy atom. The van der Waals surface area contributed by atoms with Gasteiger partial charge in [0.2, 0.25) is 0 Å². The Morgan fingerprint density at radius 3 is 2.83 bits per heavy atom. The minimum Gasteiger partial charge on any atom is -0.298 e. The Bertz CT molecular complexity index is 258. The van der Waals surface area contributed by atoms with Gasteiger partial charge in [-0.05, 0) is 0 Å². The summed E-state index contributed by atoms with van der Waals surface area (Å²) in [5.41, 5.74) is 0.851. The molecule has 0 bridgehead atoms. The first-order valence-corrected chi connectivity index (χ1v) is 5.37. The van der Waals surface area contributed by atoms with Gasteiger partial charge in [-0.1, -0.05) is 48.8 Å². The lowest BCUT2D eigenvalue weighted by Gasteiger charge is -2.00. The molecule has 2 radical (unpaired) electrons. The topological polar surface area (TPSA) is 17.1 Å². The molecule has 1 aromatic rings. The van der Waals surface area contributed by atoms with Crippen molar-refractivity contribution < 1.29 is 4.79 Å². The van der Waals surface area contributed by atoms with Gasteiger partial charge in [0, 0.05) is 5.56 Å². The van der Waals surface area contributed by atoms with Crippen LogP contribution in [-0.4, -0.2) is 15.8 Å². The first-order chi connectivity index (χ1) is 5.88. The SMILES string of the molecule is CCC[Si]c1ccccc1C=O. The van der Waals surface area contributed by atoms with Crippen LogP contribution in [0.1, 0.15) is 23.7 Å². The van der Waals surface area contributed by atoms with Crippen molar-refractivity contribution in [2.45, 2.75) is 19.4 Å². The van der Waals surface area contributed by atoms with Gasteiger partial charge < -0.3 is 0 Å². The Morgan fingerprint density at radius 1 is 1.42 bits per heavy atom. The lowest BCUT2D eigenvalue weighted by Crippen LogP contribution is -2.18. The highest BCUT2D eigenvalue weighted by atomic mass is 28.2. The number of carbonyl (C=O) groups is 1. The molecule has 1 nitrogen and oxygen atoms in total. The van der Waals surface area contributed by atoms with Crippen LogP contribution in [0.4, 0.5) is 0 Å². The maximum absolute atomic E-state index is 10.6. The normalized spacial score (nSPS) is 9.75. The fourth-order valence-electron chi connectivity index (χ4n) is 1.02. The third-order valence-electron chi connectivity index (χ3n) is 1.65. The van der Waals surface area contributed by atoms with E-state index in [1.807, 2.05) is 24.3 Å². The highest BCUT2D eigenvalue weighted by molar-refractivity contribution is 6.54. The van der Waals surface area contributed by atoms with Gasteiger partial charge in [-0.2, -0.15) is 0 Å². The van der Waals surface area contributed by atoms with E-state index in [1.54, 1.807) is 0 Å². The summed E-state index contributed by atoms with van der Waals surface area (Å²) in [6, 6.07) is 9.00. The zero-order valence-electron chi connectivity index (χ0n) is 7.21. The van der Waals surface area contributed by atoms with Crippen LogP contribution in [0.2, 0.25) is 6.04 Å². The molecule has 0 aliphatic heterocycles. The summed E-state index contributed by atoms with van der Waals surface area (Å²) in [7, 11) is 0.779. The zero-order chi connectivity index (χ0) is 8.81. The third-order valence-corrected chi connectivity index (χ3v) is 3.24. The minimum absolute atomic E-state index is 0.779. The molecule has 1 aromatic carbocycles. The van der Waals surface area contributed by atoms with Gasteiger partial charge in [-0.3, -0.25) is 4.79 Å². The quantitative estimate of drug-likeness (QED) is 0.503. The summed E-state index contributed by atoms with van der Waals surface area (Å²) in [6.45, 7) is 2.16. The van der Waals surface area contributed by atoms with E-state index in [0.29, 0.717) is 0 Å². The van der Waals surface area contributed by atoms with Gasteiger partial charge in [-0.25, -0.2) is 0 Å². The Kier molecular flexibility index (Phi) is 3.74. The molecular formula is C10H12OSi. The molecule has 0 spiro atoms. The van der Waals surface area contributed by atoms with Crippen molar-refractivity contribution in [1.29, 1.82) is 0 Å². The van der Waals surface area contributed by atoms with E-state index >= 15 is 0 Å². The molecule has 62 valence electrons. The van der Waals surface area contributed by atoms with E-state index in [0.717, 1.165) is 21.4 Å². The maximum atomic E-state index is 10.6. The average Bonchev–Trinajstić information content (AvgIpc) is 2.15. The van der Waals surface area contributed by atoms with Crippen molar-refractivity contribution in [3.05, 3.63) is 29.8 Å². The van der Waals surface area contributed by atoms with E-state index < -0.39 is 0 Å². The smallest absolute Gasteiger partial charge is 0.149 e. The second-order valence-electron chi connectivity index (χ2n) is 2.63. The standard InChI is InChI=1S/C10H12OSi/c1-2-7-12-10-6-4-3-5-9(10)8-11/h3-6,8H,2,7H2,1H3.